The summed E-state index contributed by atoms with van der Waals surface area (Å²) in [5.41, 5.74) is 1.02. The van der Waals surface area contributed by atoms with E-state index in [0.29, 0.717) is 0 Å². The van der Waals surface area contributed by atoms with Gasteiger partial charge < -0.3 is 5.32 Å². The second-order valence-electron chi connectivity index (χ2n) is 3.76. The summed E-state index contributed by atoms with van der Waals surface area (Å²) in [5, 5.41) is 2.81. The highest BCUT2D eigenvalue weighted by atomic mass is 16.2. The fourth-order valence-corrected chi connectivity index (χ4v) is 1.43. The van der Waals surface area contributed by atoms with Crippen LogP contribution in [0.2, 0.25) is 0 Å². The quantitative estimate of drug-likeness (QED) is 0.569. The molecule has 0 aliphatic carbocycles. The predicted octanol–water partition coefficient (Wildman–Crippen LogP) is 2.02. The van der Waals surface area contributed by atoms with E-state index in [4.69, 9.17) is 0 Å². The van der Waals surface area contributed by atoms with E-state index in [2.05, 4.69) is 16.9 Å². The summed E-state index contributed by atoms with van der Waals surface area (Å²) < 4.78 is 0. The number of nitrogens with one attached hydrogen (secondary N) is 1. The third kappa shape index (κ3) is 4.26. The zero-order valence-electron chi connectivity index (χ0n) is 9.65. The minimum atomic E-state index is -0.208. The standard InChI is InChI=1S/C13H18N2O/c1-3-4-5-7-11(2)10-15-12-8-6-9-14-13(12)16/h3-5,7,10,12H,1,6,8-9H2,2H3,(H,14,16)/b5-4-,11-7+,15-10?. The van der Waals surface area contributed by atoms with E-state index in [1.165, 1.54) is 0 Å². The molecule has 1 fully saturated rings. The first-order valence-corrected chi connectivity index (χ1v) is 5.51. The number of hydrogen-bond acceptors (Lipinski definition) is 2. The van der Waals surface area contributed by atoms with E-state index in [0.717, 1.165) is 25.0 Å². The maximum absolute atomic E-state index is 11.4. The van der Waals surface area contributed by atoms with Crippen LogP contribution in [-0.2, 0) is 4.79 Å². The minimum absolute atomic E-state index is 0.0388. The third-order valence-corrected chi connectivity index (χ3v) is 2.32. The lowest BCUT2D eigenvalue weighted by atomic mass is 10.1. The Morgan fingerprint density at radius 3 is 3.06 bits per heavy atom. The Bertz CT molecular complexity index is 340. The van der Waals surface area contributed by atoms with Gasteiger partial charge in [-0.05, 0) is 25.3 Å². The molecule has 3 nitrogen and oxygen atoms in total. The summed E-state index contributed by atoms with van der Waals surface area (Å²) in [4.78, 5) is 15.7. The molecule has 1 rings (SSSR count). The van der Waals surface area contributed by atoms with Crippen molar-refractivity contribution >= 4 is 12.1 Å². The van der Waals surface area contributed by atoms with Crippen LogP contribution in [0.3, 0.4) is 0 Å². The summed E-state index contributed by atoms with van der Waals surface area (Å²) in [6.07, 6.45) is 11.0. The van der Waals surface area contributed by atoms with Crippen LogP contribution in [0.4, 0.5) is 0 Å². The highest BCUT2D eigenvalue weighted by Gasteiger charge is 2.19. The van der Waals surface area contributed by atoms with E-state index < -0.39 is 0 Å². The normalized spacial score (nSPS) is 22.7. The molecule has 1 amide bonds. The fourth-order valence-electron chi connectivity index (χ4n) is 1.43. The topological polar surface area (TPSA) is 41.5 Å². The largest absolute Gasteiger partial charge is 0.354 e. The van der Waals surface area contributed by atoms with Crippen molar-refractivity contribution in [3.63, 3.8) is 0 Å². The van der Waals surface area contributed by atoms with E-state index >= 15 is 0 Å². The molecule has 16 heavy (non-hydrogen) atoms. The number of rotatable bonds is 4. The maximum atomic E-state index is 11.4. The number of allylic oxidation sites excluding steroid dienone is 5. The molecule has 0 spiro atoms. The number of carbonyl (C=O) groups excluding carboxylic acids is 1. The van der Waals surface area contributed by atoms with Gasteiger partial charge in [0.25, 0.3) is 0 Å². The van der Waals surface area contributed by atoms with E-state index in [-0.39, 0.29) is 11.9 Å². The molecule has 1 saturated heterocycles. The second-order valence-corrected chi connectivity index (χ2v) is 3.76. The van der Waals surface area contributed by atoms with Gasteiger partial charge in [0.05, 0.1) is 0 Å². The molecular formula is C13H18N2O. The molecule has 0 aromatic carbocycles. The van der Waals surface area contributed by atoms with Gasteiger partial charge >= 0.3 is 0 Å². The van der Waals surface area contributed by atoms with Crippen LogP contribution in [0.1, 0.15) is 19.8 Å². The molecule has 1 heterocycles. The Hall–Kier alpha value is -1.64. The SMILES string of the molecule is C=C/C=C\C=C(/C)C=NC1CCCNC1=O. The lowest BCUT2D eigenvalue weighted by molar-refractivity contribution is -0.123. The third-order valence-electron chi connectivity index (χ3n) is 2.32. The molecule has 0 saturated carbocycles. The molecule has 3 heteroatoms. The van der Waals surface area contributed by atoms with Crippen LogP contribution in [0.5, 0.6) is 0 Å². The number of carbonyl (C=O) groups is 1. The Balaban J connectivity index is 2.51. The molecule has 1 atom stereocenters. The molecule has 0 aromatic rings. The highest BCUT2D eigenvalue weighted by molar-refractivity contribution is 5.86. The van der Waals surface area contributed by atoms with Gasteiger partial charge in [-0.1, -0.05) is 30.9 Å². The monoisotopic (exact) mass is 218 g/mol. The molecule has 0 aromatic heterocycles. The summed E-state index contributed by atoms with van der Waals surface area (Å²) in [5.74, 6) is 0.0388. The Kier molecular flexibility index (Phi) is 5.26. The molecule has 0 radical (unpaired) electrons. The van der Waals surface area contributed by atoms with E-state index in [1.807, 2.05) is 25.2 Å². The molecule has 1 unspecified atom stereocenters. The van der Waals surface area contributed by atoms with Crippen LogP contribution in [-0.4, -0.2) is 24.7 Å². The van der Waals surface area contributed by atoms with Crippen molar-refractivity contribution in [2.75, 3.05) is 6.54 Å². The van der Waals surface area contributed by atoms with Crippen molar-refractivity contribution in [1.82, 2.24) is 5.32 Å². The van der Waals surface area contributed by atoms with Gasteiger partial charge in [0.2, 0.25) is 5.91 Å². The number of aliphatic imine (C=N–C) groups is 1. The van der Waals surface area contributed by atoms with Gasteiger partial charge in [-0.25, -0.2) is 0 Å². The van der Waals surface area contributed by atoms with Crippen molar-refractivity contribution in [2.45, 2.75) is 25.8 Å². The van der Waals surface area contributed by atoms with Gasteiger partial charge in [-0.15, -0.1) is 0 Å². The lowest BCUT2D eigenvalue weighted by Crippen LogP contribution is -2.39. The predicted molar refractivity (Wildman–Crippen MR) is 67.6 cm³/mol. The number of nitrogens with zero attached hydrogens (tertiary/aromatic N) is 1. The van der Waals surface area contributed by atoms with E-state index in [9.17, 15) is 4.79 Å². The molecule has 0 bridgehead atoms. The van der Waals surface area contributed by atoms with Crippen molar-refractivity contribution < 1.29 is 4.79 Å². The van der Waals surface area contributed by atoms with E-state index in [1.54, 1.807) is 12.3 Å². The first-order chi connectivity index (χ1) is 7.74. The zero-order valence-corrected chi connectivity index (χ0v) is 9.65. The zero-order chi connectivity index (χ0) is 11.8. The Morgan fingerprint density at radius 2 is 2.38 bits per heavy atom. The number of piperidine rings is 1. The second kappa shape index (κ2) is 6.77. The maximum Gasteiger partial charge on any atom is 0.244 e. The summed E-state index contributed by atoms with van der Waals surface area (Å²) >= 11 is 0. The van der Waals surface area contributed by atoms with Crippen molar-refractivity contribution in [2.24, 2.45) is 4.99 Å². The van der Waals surface area contributed by atoms with Gasteiger partial charge in [0.15, 0.2) is 0 Å². The summed E-state index contributed by atoms with van der Waals surface area (Å²) in [7, 11) is 0. The van der Waals surface area contributed by atoms with Gasteiger partial charge in [-0.2, -0.15) is 0 Å². The van der Waals surface area contributed by atoms with Crippen LogP contribution in [0, 0.1) is 0 Å². The first-order valence-electron chi connectivity index (χ1n) is 5.51. The molecule has 1 N–H and O–H groups in total. The van der Waals surface area contributed by atoms with Crippen molar-refractivity contribution in [1.29, 1.82) is 0 Å². The summed E-state index contributed by atoms with van der Waals surface area (Å²) in [6.45, 7) is 6.32. The lowest BCUT2D eigenvalue weighted by Gasteiger charge is -2.17. The van der Waals surface area contributed by atoms with Crippen LogP contribution >= 0.6 is 0 Å². The van der Waals surface area contributed by atoms with Crippen LogP contribution in [0.15, 0.2) is 41.4 Å². The molecule has 1 aliphatic rings. The first kappa shape index (κ1) is 12.4. The van der Waals surface area contributed by atoms with Crippen LogP contribution < -0.4 is 5.32 Å². The van der Waals surface area contributed by atoms with Gasteiger partial charge in [-0.3, -0.25) is 9.79 Å². The highest BCUT2D eigenvalue weighted by Crippen LogP contribution is 2.07. The molecular weight excluding hydrogens is 200 g/mol. The van der Waals surface area contributed by atoms with Crippen LogP contribution in [0.25, 0.3) is 0 Å². The smallest absolute Gasteiger partial charge is 0.244 e. The van der Waals surface area contributed by atoms with Gasteiger partial charge in [0, 0.05) is 12.8 Å². The van der Waals surface area contributed by atoms with Crippen molar-refractivity contribution in [3.05, 3.63) is 36.5 Å². The molecule has 86 valence electrons. The minimum Gasteiger partial charge on any atom is -0.354 e. The number of hydrogen-bond donors (Lipinski definition) is 1. The summed E-state index contributed by atoms with van der Waals surface area (Å²) in [6, 6.07) is -0.208. The average molecular weight is 218 g/mol. The Morgan fingerprint density at radius 1 is 1.56 bits per heavy atom. The fraction of sp³-hybridized carbons (Fsp3) is 0.385. The average Bonchev–Trinajstić information content (AvgIpc) is 2.28. The van der Waals surface area contributed by atoms with Crippen molar-refractivity contribution in [3.8, 4) is 0 Å². The van der Waals surface area contributed by atoms with Gasteiger partial charge in [0.1, 0.15) is 6.04 Å². The Labute approximate surface area is 96.7 Å². The number of amides is 1. The molecule has 1 aliphatic heterocycles.